The molecular weight excluding hydrogens is 200 g/mol. The highest BCUT2D eigenvalue weighted by molar-refractivity contribution is 6.32. The third-order valence-corrected chi connectivity index (χ3v) is 2.03. The van der Waals surface area contributed by atoms with E-state index in [1.54, 1.807) is 0 Å². The average Bonchev–Trinajstić information content (AvgIpc) is 2.98. The van der Waals surface area contributed by atoms with Crippen molar-refractivity contribution < 1.29 is 19.1 Å². The number of nitrogens with zero attached hydrogens (tertiary/aromatic N) is 1. The topological polar surface area (TPSA) is 75.7 Å². The molecule has 2 amide bonds. The van der Waals surface area contributed by atoms with Gasteiger partial charge in [0.25, 0.3) is 0 Å². The molecule has 0 unspecified atom stereocenters. The third kappa shape index (κ3) is 3.57. The van der Waals surface area contributed by atoms with Gasteiger partial charge < -0.3 is 15.0 Å². The van der Waals surface area contributed by atoms with Crippen LogP contribution in [0.5, 0.6) is 0 Å². The average molecular weight is 214 g/mol. The van der Waals surface area contributed by atoms with Crippen LogP contribution in [0.1, 0.15) is 12.8 Å². The van der Waals surface area contributed by atoms with Crippen LogP contribution in [-0.2, 0) is 19.1 Å². The quantitative estimate of drug-likeness (QED) is 0.478. The Morgan fingerprint density at radius 1 is 1.40 bits per heavy atom. The number of carbonyl (C=O) groups excluding carboxylic acids is 3. The molecule has 1 N–H and O–H groups in total. The van der Waals surface area contributed by atoms with Gasteiger partial charge in [0.15, 0.2) is 0 Å². The predicted octanol–water partition coefficient (Wildman–Crippen LogP) is -1.10. The predicted molar refractivity (Wildman–Crippen MR) is 50.8 cm³/mol. The molecule has 0 radical (unpaired) electrons. The molecule has 1 aliphatic carbocycles. The molecule has 0 bridgehead atoms. The van der Waals surface area contributed by atoms with Crippen LogP contribution < -0.4 is 5.32 Å². The molecule has 1 rings (SSSR count). The fourth-order valence-corrected chi connectivity index (χ4v) is 1.03. The molecule has 6 nitrogen and oxygen atoms in total. The molecule has 0 atom stereocenters. The molecule has 1 saturated carbocycles. The lowest BCUT2D eigenvalue weighted by atomic mass is 10.4. The zero-order chi connectivity index (χ0) is 11.4. The number of methoxy groups -OCH3 is 1. The van der Waals surface area contributed by atoms with Gasteiger partial charge in [-0.15, -0.1) is 0 Å². The summed E-state index contributed by atoms with van der Waals surface area (Å²) in [7, 11) is 2.50. The summed E-state index contributed by atoms with van der Waals surface area (Å²) in [4.78, 5) is 34.3. The van der Waals surface area contributed by atoms with Crippen LogP contribution >= 0.6 is 0 Å². The van der Waals surface area contributed by atoms with E-state index in [-0.39, 0.29) is 18.5 Å². The maximum Gasteiger partial charge on any atom is 0.396 e. The van der Waals surface area contributed by atoms with Gasteiger partial charge >= 0.3 is 11.9 Å². The summed E-state index contributed by atoms with van der Waals surface area (Å²) in [5, 5.41) is 2.71. The minimum absolute atomic E-state index is 0.121. The molecule has 6 heteroatoms. The highest BCUT2D eigenvalue weighted by atomic mass is 16.5. The molecule has 0 spiro atoms. The van der Waals surface area contributed by atoms with E-state index in [1.807, 2.05) is 0 Å². The Morgan fingerprint density at radius 2 is 2.00 bits per heavy atom. The van der Waals surface area contributed by atoms with E-state index < -0.39 is 11.9 Å². The first-order valence-corrected chi connectivity index (χ1v) is 4.67. The molecule has 84 valence electrons. The van der Waals surface area contributed by atoms with Crippen LogP contribution in [0.4, 0.5) is 0 Å². The van der Waals surface area contributed by atoms with Crippen molar-refractivity contribution in [3.8, 4) is 0 Å². The van der Waals surface area contributed by atoms with Gasteiger partial charge in [0.05, 0.1) is 13.7 Å². The molecule has 0 aromatic heterocycles. The van der Waals surface area contributed by atoms with Crippen LogP contribution in [0, 0.1) is 0 Å². The summed E-state index contributed by atoms with van der Waals surface area (Å²) in [6.45, 7) is -0.121. The first-order valence-electron chi connectivity index (χ1n) is 4.67. The second kappa shape index (κ2) is 4.77. The van der Waals surface area contributed by atoms with Gasteiger partial charge in [0.1, 0.15) is 0 Å². The number of hydrogen-bond donors (Lipinski definition) is 1. The maximum atomic E-state index is 11.3. The number of nitrogens with one attached hydrogen (secondary N) is 1. The smallest absolute Gasteiger partial charge is 0.396 e. The molecule has 1 fully saturated rings. The summed E-state index contributed by atoms with van der Waals surface area (Å²) in [6.07, 6.45) is 1.97. The van der Waals surface area contributed by atoms with Gasteiger partial charge in [-0.25, -0.2) is 4.79 Å². The normalized spacial score (nSPS) is 14.3. The van der Waals surface area contributed by atoms with Crippen molar-refractivity contribution in [1.82, 2.24) is 10.2 Å². The van der Waals surface area contributed by atoms with Crippen LogP contribution in [0.25, 0.3) is 0 Å². The lowest BCUT2D eigenvalue weighted by molar-refractivity contribution is -0.157. The lowest BCUT2D eigenvalue weighted by Gasteiger charge is -2.14. The first kappa shape index (κ1) is 11.5. The summed E-state index contributed by atoms with van der Waals surface area (Å²) >= 11 is 0. The minimum Gasteiger partial charge on any atom is -0.462 e. The largest absolute Gasteiger partial charge is 0.462 e. The van der Waals surface area contributed by atoms with E-state index in [2.05, 4.69) is 10.1 Å². The molecule has 15 heavy (non-hydrogen) atoms. The Kier molecular flexibility index (Phi) is 3.65. The summed E-state index contributed by atoms with van der Waals surface area (Å²) < 4.78 is 4.25. The van der Waals surface area contributed by atoms with Crippen molar-refractivity contribution in [2.24, 2.45) is 0 Å². The van der Waals surface area contributed by atoms with Crippen molar-refractivity contribution in [2.75, 3.05) is 20.7 Å². The number of esters is 1. The van der Waals surface area contributed by atoms with Crippen LogP contribution in [0.3, 0.4) is 0 Å². The molecule has 0 aromatic rings. The molecule has 1 aliphatic rings. The van der Waals surface area contributed by atoms with Gasteiger partial charge in [-0.2, -0.15) is 0 Å². The monoisotopic (exact) mass is 214 g/mol. The van der Waals surface area contributed by atoms with Crippen LogP contribution in [0.15, 0.2) is 0 Å². The van der Waals surface area contributed by atoms with E-state index in [4.69, 9.17) is 0 Å². The van der Waals surface area contributed by atoms with Crippen molar-refractivity contribution >= 4 is 17.8 Å². The van der Waals surface area contributed by atoms with Crippen molar-refractivity contribution in [2.45, 2.75) is 18.9 Å². The highest BCUT2D eigenvalue weighted by Gasteiger charge is 2.26. The molecule has 0 saturated heterocycles. The number of rotatable bonds is 3. The van der Waals surface area contributed by atoms with Crippen molar-refractivity contribution in [3.63, 3.8) is 0 Å². The van der Waals surface area contributed by atoms with E-state index in [1.165, 1.54) is 7.05 Å². The van der Waals surface area contributed by atoms with Crippen molar-refractivity contribution in [1.29, 1.82) is 0 Å². The number of likely N-dealkylation sites (N-methyl/N-ethyl adjacent to an activating group) is 1. The van der Waals surface area contributed by atoms with E-state index in [0.717, 1.165) is 24.9 Å². The molecule has 0 aromatic carbocycles. The van der Waals surface area contributed by atoms with Crippen molar-refractivity contribution in [3.05, 3.63) is 0 Å². The number of carbonyl (C=O) groups is 3. The van der Waals surface area contributed by atoms with Gasteiger partial charge in [-0.05, 0) is 12.8 Å². The lowest BCUT2D eigenvalue weighted by Crippen LogP contribution is -2.42. The summed E-state index contributed by atoms with van der Waals surface area (Å²) in [6, 6.07) is 0.249. The fraction of sp³-hybridized carbons (Fsp3) is 0.667. The fourth-order valence-electron chi connectivity index (χ4n) is 1.03. The summed E-state index contributed by atoms with van der Waals surface area (Å²) in [5.74, 6) is -2.03. The molecule has 0 aliphatic heterocycles. The highest BCUT2D eigenvalue weighted by Crippen LogP contribution is 2.18. The molecule has 0 heterocycles. The Balaban J connectivity index is 2.32. The zero-order valence-electron chi connectivity index (χ0n) is 8.78. The van der Waals surface area contributed by atoms with Gasteiger partial charge in [0, 0.05) is 13.1 Å². The Morgan fingerprint density at radius 3 is 2.47 bits per heavy atom. The standard InChI is InChI=1S/C9H14N2O4/c1-11(8(13)9(14)15-2)5-7(12)10-6-3-4-6/h6H,3-5H2,1-2H3,(H,10,12). The SMILES string of the molecule is COC(=O)C(=O)N(C)CC(=O)NC1CC1. The van der Waals surface area contributed by atoms with Gasteiger partial charge in [0.2, 0.25) is 5.91 Å². The second-order valence-corrected chi connectivity index (χ2v) is 3.49. The Labute approximate surface area is 87.6 Å². The third-order valence-electron chi connectivity index (χ3n) is 2.03. The number of hydrogen-bond acceptors (Lipinski definition) is 4. The maximum absolute atomic E-state index is 11.3. The molecular formula is C9H14N2O4. The Bertz CT molecular complexity index is 286. The van der Waals surface area contributed by atoms with Crippen LogP contribution in [-0.4, -0.2) is 49.4 Å². The first-order chi connectivity index (χ1) is 7.04. The number of amides is 2. The summed E-state index contributed by atoms with van der Waals surface area (Å²) in [5.41, 5.74) is 0. The second-order valence-electron chi connectivity index (χ2n) is 3.49. The van der Waals surface area contributed by atoms with Gasteiger partial charge in [-0.3, -0.25) is 9.59 Å². The zero-order valence-corrected chi connectivity index (χ0v) is 8.78. The van der Waals surface area contributed by atoms with Gasteiger partial charge in [-0.1, -0.05) is 0 Å². The van der Waals surface area contributed by atoms with E-state index in [0.29, 0.717) is 0 Å². The van der Waals surface area contributed by atoms with Crippen LogP contribution in [0.2, 0.25) is 0 Å². The minimum atomic E-state index is -0.961. The van der Waals surface area contributed by atoms with E-state index in [9.17, 15) is 14.4 Å². The number of ether oxygens (including phenoxy) is 1. The van der Waals surface area contributed by atoms with E-state index >= 15 is 0 Å². The Hall–Kier alpha value is -1.59.